The Hall–Kier alpha value is 0.218. The zero-order valence-electron chi connectivity index (χ0n) is 18.6. The molecule has 0 spiro atoms. The zero-order valence-corrected chi connectivity index (χ0v) is 22.6. The molecule has 0 aromatic rings. The zero-order chi connectivity index (χ0) is 20.4. The van der Waals surface area contributed by atoms with E-state index in [1.54, 1.807) is 0 Å². The maximum atomic E-state index is 12.1. The van der Waals surface area contributed by atoms with Gasteiger partial charge in [-0.25, -0.2) is 0 Å². The van der Waals surface area contributed by atoms with Gasteiger partial charge in [0.15, 0.2) is 16.6 Å². The molecule has 0 aromatic carbocycles. The number of hydrogen-bond acceptors (Lipinski definition) is 5. The summed E-state index contributed by atoms with van der Waals surface area (Å²) in [7, 11) is -8.16. The fraction of sp³-hybridized carbons (Fsp3) is 0.941. The van der Waals surface area contributed by atoms with Crippen LogP contribution in [-0.4, -0.2) is 46.3 Å². The summed E-state index contributed by atoms with van der Waals surface area (Å²) in [6, 6.07) is 0.981. The first kappa shape index (κ1) is 24.3. The van der Waals surface area contributed by atoms with Gasteiger partial charge < -0.3 is 17.1 Å². The van der Waals surface area contributed by atoms with Crippen molar-refractivity contribution in [3.8, 4) is 0 Å². The van der Waals surface area contributed by atoms with Gasteiger partial charge in [-0.3, -0.25) is 4.79 Å². The van der Waals surface area contributed by atoms with E-state index in [-0.39, 0.29) is 5.97 Å². The highest BCUT2D eigenvalue weighted by Crippen LogP contribution is 2.35. The molecule has 26 heavy (non-hydrogen) atoms. The van der Waals surface area contributed by atoms with Crippen LogP contribution in [0.15, 0.2) is 0 Å². The summed E-state index contributed by atoms with van der Waals surface area (Å²) in [6.07, 6.45) is 1.64. The Morgan fingerprint density at radius 1 is 0.962 bits per heavy atom. The third-order valence-electron chi connectivity index (χ3n) is 4.83. The van der Waals surface area contributed by atoms with E-state index in [2.05, 4.69) is 45.8 Å². The molecule has 0 bridgehead atoms. The van der Waals surface area contributed by atoms with Crippen molar-refractivity contribution in [1.82, 2.24) is 0 Å². The van der Waals surface area contributed by atoms with Gasteiger partial charge in [0.1, 0.15) is 0 Å². The highest BCUT2D eigenvalue weighted by Gasteiger charge is 2.50. The van der Waals surface area contributed by atoms with E-state index in [0.717, 1.165) is 24.6 Å². The van der Waals surface area contributed by atoms with Crippen LogP contribution >= 0.6 is 0 Å². The SMILES string of the molecule is CCC(C)(C)C(=O)OCCC[Si]1(C)C[Si](C)(C)O[Si](C)(C)O[Si](C)(C)O1. The lowest BCUT2D eigenvalue weighted by Gasteiger charge is -2.47. The van der Waals surface area contributed by atoms with Crippen LogP contribution in [0.5, 0.6) is 0 Å². The van der Waals surface area contributed by atoms with Crippen LogP contribution < -0.4 is 0 Å². The van der Waals surface area contributed by atoms with E-state index in [0.29, 0.717) is 6.61 Å². The topological polar surface area (TPSA) is 54.0 Å². The molecule has 0 aromatic heterocycles. The maximum Gasteiger partial charge on any atom is 0.312 e. The van der Waals surface area contributed by atoms with Gasteiger partial charge in [-0.2, -0.15) is 0 Å². The van der Waals surface area contributed by atoms with Crippen molar-refractivity contribution in [2.45, 2.75) is 91.2 Å². The molecular weight excluding hydrogens is 397 g/mol. The van der Waals surface area contributed by atoms with Gasteiger partial charge in [0.2, 0.25) is 0 Å². The van der Waals surface area contributed by atoms with E-state index in [1.165, 1.54) is 0 Å². The van der Waals surface area contributed by atoms with Gasteiger partial charge in [0, 0.05) is 0 Å². The second kappa shape index (κ2) is 8.30. The van der Waals surface area contributed by atoms with Gasteiger partial charge in [-0.1, -0.05) is 6.92 Å². The lowest BCUT2D eigenvalue weighted by Crippen LogP contribution is -2.62. The van der Waals surface area contributed by atoms with E-state index in [9.17, 15) is 4.79 Å². The number of hydrogen-bond donors (Lipinski definition) is 0. The molecule has 1 saturated heterocycles. The van der Waals surface area contributed by atoms with E-state index in [1.807, 2.05) is 20.8 Å². The summed E-state index contributed by atoms with van der Waals surface area (Å²) in [5, 5.41) is 0. The molecule has 1 aliphatic rings. The molecule has 0 amide bonds. The van der Waals surface area contributed by atoms with Crippen LogP contribution in [0.1, 0.15) is 33.6 Å². The molecule has 9 heteroatoms. The highest BCUT2D eigenvalue weighted by atomic mass is 28.5. The second-order valence-corrected chi connectivity index (χ2v) is 26.4. The lowest BCUT2D eigenvalue weighted by atomic mass is 9.91. The van der Waals surface area contributed by atoms with E-state index in [4.69, 9.17) is 17.1 Å². The Morgan fingerprint density at radius 2 is 1.50 bits per heavy atom. The third kappa shape index (κ3) is 7.68. The number of carbonyl (C=O) groups is 1. The second-order valence-electron chi connectivity index (χ2n) is 9.97. The normalized spacial score (nSPS) is 28.1. The minimum atomic E-state index is -2.21. The van der Waals surface area contributed by atoms with Gasteiger partial charge in [0.05, 0.1) is 12.0 Å². The first-order valence-corrected chi connectivity index (χ1v) is 21.4. The van der Waals surface area contributed by atoms with Gasteiger partial charge in [-0.15, -0.1) is 0 Å². The molecule has 0 aliphatic carbocycles. The summed E-state index contributed by atoms with van der Waals surface area (Å²) in [6.45, 7) is 21.8. The number of rotatable bonds is 6. The van der Waals surface area contributed by atoms with Crippen molar-refractivity contribution in [1.29, 1.82) is 0 Å². The molecule has 1 unspecified atom stereocenters. The molecule has 154 valence electrons. The predicted octanol–water partition coefficient (Wildman–Crippen LogP) is 5.14. The molecule has 1 heterocycles. The predicted molar refractivity (Wildman–Crippen MR) is 117 cm³/mol. The summed E-state index contributed by atoms with van der Waals surface area (Å²) in [5.41, 5.74) is 0.671. The quantitative estimate of drug-likeness (QED) is 0.328. The Labute approximate surface area is 164 Å². The largest absolute Gasteiger partial charge is 0.465 e. The van der Waals surface area contributed by atoms with Crippen LogP contribution in [-0.2, 0) is 21.9 Å². The molecule has 0 radical (unpaired) electrons. The standard InChI is InChI=1S/C17H40O5Si4/c1-11-17(2,3)16(18)19-13-12-14-26(10)15-23(4,5)20-24(6,7)21-25(8,9)22-26/h11-15H2,1-10H3. The fourth-order valence-electron chi connectivity index (χ4n) is 3.96. The maximum absolute atomic E-state index is 12.1. The molecule has 1 rings (SSSR count). The molecule has 0 saturated carbocycles. The molecule has 5 nitrogen and oxygen atoms in total. The summed E-state index contributed by atoms with van der Waals surface area (Å²) in [5.74, 6) is -0.103. The Kier molecular flexibility index (Phi) is 7.74. The Balaban J connectivity index is 2.72. The Bertz CT molecular complexity index is 483. The average molecular weight is 437 g/mol. The van der Waals surface area contributed by atoms with Crippen LogP contribution in [0.2, 0.25) is 57.5 Å². The number of ether oxygens (including phenoxy) is 1. The van der Waals surface area contributed by atoms with Crippen LogP contribution in [0.4, 0.5) is 0 Å². The smallest absolute Gasteiger partial charge is 0.312 e. The molecular formula is C17H40O5Si4. The van der Waals surface area contributed by atoms with Crippen molar-refractivity contribution in [2.24, 2.45) is 5.41 Å². The molecule has 1 fully saturated rings. The van der Waals surface area contributed by atoms with Crippen molar-refractivity contribution in [3.05, 3.63) is 0 Å². The highest BCUT2D eigenvalue weighted by molar-refractivity contribution is 6.99. The summed E-state index contributed by atoms with van der Waals surface area (Å²) < 4.78 is 25.2. The van der Waals surface area contributed by atoms with Crippen molar-refractivity contribution in [2.75, 3.05) is 6.61 Å². The number of esters is 1. The lowest BCUT2D eigenvalue weighted by molar-refractivity contribution is -0.154. The van der Waals surface area contributed by atoms with Crippen LogP contribution in [0.3, 0.4) is 0 Å². The van der Waals surface area contributed by atoms with Crippen molar-refractivity contribution < 1.29 is 21.9 Å². The van der Waals surface area contributed by atoms with Gasteiger partial charge >= 0.3 is 23.1 Å². The van der Waals surface area contributed by atoms with E-state index < -0.39 is 39.2 Å². The minimum Gasteiger partial charge on any atom is -0.465 e. The monoisotopic (exact) mass is 436 g/mol. The summed E-state index contributed by atoms with van der Waals surface area (Å²) >= 11 is 0. The molecule has 0 N–H and O–H groups in total. The van der Waals surface area contributed by atoms with Crippen molar-refractivity contribution in [3.63, 3.8) is 0 Å². The van der Waals surface area contributed by atoms with E-state index >= 15 is 0 Å². The van der Waals surface area contributed by atoms with Crippen LogP contribution in [0, 0.1) is 5.41 Å². The third-order valence-corrected chi connectivity index (χ3v) is 24.7. The molecule has 1 aliphatic heterocycles. The van der Waals surface area contributed by atoms with Gasteiger partial charge in [-0.05, 0) is 84.2 Å². The fourth-order valence-corrected chi connectivity index (χ4v) is 30.9. The summed E-state index contributed by atoms with van der Waals surface area (Å²) in [4.78, 5) is 12.1. The Morgan fingerprint density at radius 3 is 2.04 bits per heavy atom. The molecule has 1 atom stereocenters. The first-order chi connectivity index (χ1) is 11.5. The van der Waals surface area contributed by atoms with Gasteiger partial charge in [0.25, 0.3) is 0 Å². The number of carbonyl (C=O) groups excluding carboxylic acids is 1. The van der Waals surface area contributed by atoms with Crippen LogP contribution in [0.25, 0.3) is 0 Å². The minimum absolute atomic E-state index is 0.103. The average Bonchev–Trinajstić information content (AvgIpc) is 2.37. The van der Waals surface area contributed by atoms with Crippen molar-refractivity contribution >= 4 is 39.7 Å². The first-order valence-electron chi connectivity index (χ1n) is 9.79.